The third kappa shape index (κ3) is 5.17. The second kappa shape index (κ2) is 8.32. The lowest BCUT2D eigenvalue weighted by Crippen LogP contribution is -2.35. The van der Waals surface area contributed by atoms with E-state index < -0.39 is 0 Å². The predicted octanol–water partition coefficient (Wildman–Crippen LogP) is 2.22. The maximum absolute atomic E-state index is 12.0. The van der Waals surface area contributed by atoms with Gasteiger partial charge in [0.25, 0.3) is 0 Å². The number of carbonyl (C=O) groups excluding carboxylic acids is 1. The quantitative estimate of drug-likeness (QED) is 0.673. The molecule has 0 saturated carbocycles. The van der Waals surface area contributed by atoms with Gasteiger partial charge in [-0.05, 0) is 25.1 Å². The van der Waals surface area contributed by atoms with Crippen molar-refractivity contribution in [2.75, 3.05) is 37.3 Å². The van der Waals surface area contributed by atoms with Gasteiger partial charge in [0.2, 0.25) is 5.91 Å². The molecule has 0 radical (unpaired) electrons. The first-order valence-corrected chi connectivity index (χ1v) is 7.11. The summed E-state index contributed by atoms with van der Waals surface area (Å²) in [5.41, 5.74) is 6.46. The highest BCUT2D eigenvalue weighted by Gasteiger charge is 2.13. The van der Waals surface area contributed by atoms with Gasteiger partial charge in [-0.2, -0.15) is 0 Å². The molecule has 1 amide bonds. The smallest absolute Gasteiger partial charge is 0.238 e. The van der Waals surface area contributed by atoms with E-state index in [4.69, 9.17) is 34.0 Å². The van der Waals surface area contributed by atoms with Crippen LogP contribution in [0.4, 0.5) is 11.4 Å². The number of rotatable bonds is 7. The SMILES string of the molecule is CCCN(CCO)CC(=O)Nc1c(N)cc(Cl)cc1Cl. The fourth-order valence-electron chi connectivity index (χ4n) is 1.83. The molecule has 1 aromatic carbocycles. The lowest BCUT2D eigenvalue weighted by molar-refractivity contribution is -0.117. The van der Waals surface area contributed by atoms with Crippen LogP contribution in [0.5, 0.6) is 0 Å². The zero-order valence-corrected chi connectivity index (χ0v) is 12.8. The average Bonchev–Trinajstić information content (AvgIpc) is 2.34. The minimum absolute atomic E-state index is 0.0110. The molecule has 0 aromatic heterocycles. The van der Waals surface area contributed by atoms with Crippen LogP contribution in [0, 0.1) is 0 Å². The molecule has 0 aliphatic heterocycles. The Morgan fingerprint density at radius 3 is 2.65 bits per heavy atom. The number of halogens is 2. The van der Waals surface area contributed by atoms with E-state index >= 15 is 0 Å². The molecule has 20 heavy (non-hydrogen) atoms. The Morgan fingerprint density at radius 1 is 1.40 bits per heavy atom. The van der Waals surface area contributed by atoms with Crippen LogP contribution in [0.2, 0.25) is 10.0 Å². The number of carbonyl (C=O) groups is 1. The van der Waals surface area contributed by atoms with E-state index in [2.05, 4.69) is 5.32 Å². The van der Waals surface area contributed by atoms with Gasteiger partial charge in [0.05, 0.1) is 29.5 Å². The Morgan fingerprint density at radius 2 is 2.10 bits per heavy atom. The lowest BCUT2D eigenvalue weighted by Gasteiger charge is -2.20. The fraction of sp³-hybridized carbons (Fsp3) is 0.462. The summed E-state index contributed by atoms with van der Waals surface area (Å²) in [6.07, 6.45) is 0.900. The monoisotopic (exact) mass is 319 g/mol. The van der Waals surface area contributed by atoms with Crippen molar-refractivity contribution in [3.8, 4) is 0 Å². The van der Waals surface area contributed by atoms with Crippen LogP contribution in [0.1, 0.15) is 13.3 Å². The highest BCUT2D eigenvalue weighted by molar-refractivity contribution is 6.37. The Labute approximate surface area is 128 Å². The zero-order valence-electron chi connectivity index (χ0n) is 11.3. The summed E-state index contributed by atoms with van der Waals surface area (Å²) in [5.74, 6) is -0.233. The van der Waals surface area contributed by atoms with Gasteiger partial charge in [-0.1, -0.05) is 30.1 Å². The first-order valence-electron chi connectivity index (χ1n) is 6.35. The van der Waals surface area contributed by atoms with E-state index in [1.165, 1.54) is 12.1 Å². The molecule has 5 nitrogen and oxygen atoms in total. The van der Waals surface area contributed by atoms with Crippen LogP contribution in [0.25, 0.3) is 0 Å². The van der Waals surface area contributed by atoms with E-state index in [1.54, 1.807) is 0 Å². The van der Waals surface area contributed by atoms with Crippen LogP contribution in [-0.4, -0.2) is 42.2 Å². The van der Waals surface area contributed by atoms with Crippen molar-refractivity contribution < 1.29 is 9.90 Å². The standard InChI is InChI=1S/C13H19Cl2N3O2/c1-2-3-18(4-5-19)8-12(20)17-13-10(15)6-9(14)7-11(13)16/h6-7,19H,2-5,8,16H2,1H3,(H,17,20). The first kappa shape index (κ1) is 17.0. The minimum atomic E-state index is -0.233. The molecule has 0 aliphatic carbocycles. The van der Waals surface area contributed by atoms with Crippen molar-refractivity contribution in [2.45, 2.75) is 13.3 Å². The summed E-state index contributed by atoms with van der Waals surface area (Å²) >= 11 is 11.8. The third-order valence-electron chi connectivity index (χ3n) is 2.67. The van der Waals surface area contributed by atoms with Gasteiger partial charge in [0.15, 0.2) is 0 Å². The molecule has 0 saturated heterocycles. The maximum atomic E-state index is 12.0. The highest BCUT2D eigenvalue weighted by atomic mass is 35.5. The number of aliphatic hydroxyl groups excluding tert-OH is 1. The van der Waals surface area contributed by atoms with Crippen molar-refractivity contribution in [1.82, 2.24) is 4.90 Å². The van der Waals surface area contributed by atoms with Gasteiger partial charge in [0.1, 0.15) is 0 Å². The molecule has 7 heteroatoms. The number of nitrogens with zero attached hydrogens (tertiary/aromatic N) is 1. The molecule has 4 N–H and O–H groups in total. The summed E-state index contributed by atoms with van der Waals surface area (Å²) < 4.78 is 0. The summed E-state index contributed by atoms with van der Waals surface area (Å²) in [6.45, 7) is 3.38. The molecule has 0 bridgehead atoms. The van der Waals surface area contributed by atoms with Crippen LogP contribution >= 0.6 is 23.2 Å². The molecule has 1 aromatic rings. The number of hydrogen-bond acceptors (Lipinski definition) is 4. The predicted molar refractivity (Wildman–Crippen MR) is 83.3 cm³/mol. The van der Waals surface area contributed by atoms with Crippen LogP contribution in [0.3, 0.4) is 0 Å². The highest BCUT2D eigenvalue weighted by Crippen LogP contribution is 2.31. The van der Waals surface area contributed by atoms with Gasteiger partial charge in [0, 0.05) is 11.6 Å². The molecule has 0 atom stereocenters. The van der Waals surface area contributed by atoms with E-state index in [9.17, 15) is 4.79 Å². The summed E-state index contributed by atoms with van der Waals surface area (Å²) in [4.78, 5) is 13.8. The van der Waals surface area contributed by atoms with Gasteiger partial charge in [-0.25, -0.2) is 0 Å². The summed E-state index contributed by atoms with van der Waals surface area (Å²) in [5, 5.41) is 12.3. The second-order valence-corrected chi connectivity index (χ2v) is 5.24. The first-order chi connectivity index (χ1) is 9.47. The molecular weight excluding hydrogens is 301 g/mol. The van der Waals surface area contributed by atoms with Gasteiger partial charge >= 0.3 is 0 Å². The van der Waals surface area contributed by atoms with Crippen molar-refractivity contribution in [3.63, 3.8) is 0 Å². The molecule has 0 fully saturated rings. The summed E-state index contributed by atoms with van der Waals surface area (Å²) in [7, 11) is 0. The number of aliphatic hydroxyl groups is 1. The van der Waals surface area contributed by atoms with Crippen molar-refractivity contribution in [3.05, 3.63) is 22.2 Å². The van der Waals surface area contributed by atoms with Gasteiger partial charge in [-0.3, -0.25) is 9.69 Å². The van der Waals surface area contributed by atoms with Crippen LogP contribution in [0.15, 0.2) is 12.1 Å². The number of nitrogens with two attached hydrogens (primary N) is 1. The Balaban J connectivity index is 2.70. The molecule has 0 spiro atoms. The fourth-order valence-corrected chi connectivity index (χ4v) is 2.39. The largest absolute Gasteiger partial charge is 0.397 e. The molecule has 1 rings (SSSR count). The zero-order chi connectivity index (χ0) is 15.1. The van der Waals surface area contributed by atoms with Crippen molar-refractivity contribution in [1.29, 1.82) is 0 Å². The number of anilines is 2. The Hall–Kier alpha value is -1.01. The number of amides is 1. The minimum Gasteiger partial charge on any atom is -0.397 e. The Bertz CT molecular complexity index is 440. The van der Waals surface area contributed by atoms with E-state index in [-0.39, 0.29) is 19.1 Å². The molecule has 0 unspecified atom stereocenters. The van der Waals surface area contributed by atoms with E-state index in [1.807, 2.05) is 11.8 Å². The normalized spacial score (nSPS) is 10.8. The molecule has 0 aliphatic rings. The summed E-state index contributed by atoms with van der Waals surface area (Å²) in [6, 6.07) is 3.05. The maximum Gasteiger partial charge on any atom is 0.238 e. The Kier molecular flexibility index (Phi) is 7.09. The van der Waals surface area contributed by atoms with E-state index in [0.717, 1.165) is 13.0 Å². The van der Waals surface area contributed by atoms with Crippen LogP contribution in [-0.2, 0) is 4.79 Å². The molecular formula is C13H19Cl2N3O2. The van der Waals surface area contributed by atoms with Gasteiger partial charge < -0.3 is 16.2 Å². The van der Waals surface area contributed by atoms with Gasteiger partial charge in [-0.15, -0.1) is 0 Å². The average molecular weight is 320 g/mol. The topological polar surface area (TPSA) is 78.6 Å². The third-order valence-corrected chi connectivity index (χ3v) is 3.19. The number of benzene rings is 1. The lowest BCUT2D eigenvalue weighted by atomic mass is 10.2. The number of nitrogens with one attached hydrogen (secondary N) is 1. The molecule has 112 valence electrons. The van der Waals surface area contributed by atoms with Crippen LogP contribution < -0.4 is 11.1 Å². The second-order valence-electron chi connectivity index (χ2n) is 4.40. The van der Waals surface area contributed by atoms with Crippen molar-refractivity contribution in [2.24, 2.45) is 0 Å². The molecule has 0 heterocycles. The number of nitrogen functional groups attached to an aromatic ring is 1. The van der Waals surface area contributed by atoms with Crippen molar-refractivity contribution >= 4 is 40.5 Å². The van der Waals surface area contributed by atoms with E-state index in [0.29, 0.717) is 28.0 Å². The number of hydrogen-bond donors (Lipinski definition) is 3.